The first kappa shape index (κ1) is 26.6. The number of rotatable bonds is 5. The molecule has 210 valence electrons. The molecule has 7 rings (SSSR count). The molecule has 0 saturated heterocycles. The van der Waals surface area contributed by atoms with Gasteiger partial charge in [0.15, 0.2) is 5.82 Å². The Bertz CT molecular complexity index is 1590. The zero-order valence-corrected chi connectivity index (χ0v) is 23.0. The summed E-state index contributed by atoms with van der Waals surface area (Å²) in [6, 6.07) is 22.8. The lowest BCUT2D eigenvalue weighted by atomic mass is 10.1. The van der Waals surface area contributed by atoms with Gasteiger partial charge in [-0.25, -0.2) is 14.7 Å². The van der Waals surface area contributed by atoms with Gasteiger partial charge in [-0.2, -0.15) is 9.49 Å². The van der Waals surface area contributed by atoms with E-state index in [1.54, 1.807) is 31.0 Å². The number of anilines is 3. The SMILES string of the molecule is CCO.CN1C(=O)c2c(nn(Cc3ccc(-c4cccc(F)n4)cc3)c2Nc2ccccc2)N2C1=N[C@@H]1CCC[C@@H]12. The zero-order chi connectivity index (χ0) is 28.5. The van der Waals surface area contributed by atoms with E-state index in [0.29, 0.717) is 35.4 Å². The molecule has 10 heteroatoms. The lowest BCUT2D eigenvalue weighted by molar-refractivity contribution is 0.0866. The number of carbonyl (C=O) groups is 1. The van der Waals surface area contributed by atoms with Crippen molar-refractivity contribution in [3.8, 4) is 11.3 Å². The van der Waals surface area contributed by atoms with E-state index >= 15 is 0 Å². The quantitative estimate of drug-likeness (QED) is 0.336. The molecule has 2 aromatic heterocycles. The molecule has 0 bridgehead atoms. The van der Waals surface area contributed by atoms with Crippen LogP contribution in [0.15, 0.2) is 77.8 Å². The van der Waals surface area contributed by atoms with Crippen LogP contribution in [-0.4, -0.2) is 62.4 Å². The molecule has 1 aliphatic carbocycles. The van der Waals surface area contributed by atoms with Crippen LogP contribution < -0.4 is 10.2 Å². The molecule has 9 nitrogen and oxygen atoms in total. The third kappa shape index (κ3) is 4.95. The van der Waals surface area contributed by atoms with Crippen LogP contribution in [0.25, 0.3) is 11.3 Å². The first-order chi connectivity index (χ1) is 20.0. The number of amides is 1. The number of aliphatic hydroxyl groups is 1. The fourth-order valence-electron chi connectivity index (χ4n) is 5.73. The minimum atomic E-state index is -0.505. The van der Waals surface area contributed by atoms with E-state index in [2.05, 4.69) is 15.2 Å². The van der Waals surface area contributed by atoms with Crippen molar-refractivity contribution < 1.29 is 14.3 Å². The van der Waals surface area contributed by atoms with Crippen LogP contribution >= 0.6 is 0 Å². The Morgan fingerprint density at radius 3 is 2.51 bits per heavy atom. The minimum Gasteiger partial charge on any atom is -0.397 e. The number of pyridine rings is 1. The number of benzene rings is 2. The molecular weight excluding hydrogens is 521 g/mol. The number of carbonyl (C=O) groups excluding carboxylic acids is 1. The van der Waals surface area contributed by atoms with Crippen molar-refractivity contribution in [2.45, 2.75) is 44.8 Å². The van der Waals surface area contributed by atoms with Crippen molar-refractivity contribution in [3.63, 3.8) is 0 Å². The summed E-state index contributed by atoms with van der Waals surface area (Å²) in [6.45, 7) is 2.38. The molecule has 0 spiro atoms. The molecule has 4 heterocycles. The Hall–Kier alpha value is -4.57. The van der Waals surface area contributed by atoms with E-state index < -0.39 is 5.95 Å². The van der Waals surface area contributed by atoms with Crippen LogP contribution in [0.5, 0.6) is 0 Å². The van der Waals surface area contributed by atoms with E-state index in [1.807, 2.05) is 59.3 Å². The molecule has 2 N–H and O–H groups in total. The number of para-hydroxylation sites is 1. The average molecular weight is 554 g/mol. The van der Waals surface area contributed by atoms with Gasteiger partial charge in [-0.05, 0) is 56.0 Å². The van der Waals surface area contributed by atoms with Crippen LogP contribution in [0.4, 0.5) is 21.7 Å². The van der Waals surface area contributed by atoms with Crippen LogP contribution in [-0.2, 0) is 6.54 Å². The number of nitrogens with zero attached hydrogens (tertiary/aromatic N) is 6. The van der Waals surface area contributed by atoms with Crippen LogP contribution in [0, 0.1) is 5.95 Å². The molecule has 1 amide bonds. The van der Waals surface area contributed by atoms with Crippen molar-refractivity contribution >= 4 is 29.2 Å². The predicted molar refractivity (Wildman–Crippen MR) is 157 cm³/mol. The highest BCUT2D eigenvalue weighted by atomic mass is 19.1. The number of aliphatic hydroxyl groups excluding tert-OH is 1. The minimum absolute atomic E-state index is 0.118. The summed E-state index contributed by atoms with van der Waals surface area (Å²) < 4.78 is 15.5. The average Bonchev–Trinajstić information content (AvgIpc) is 3.67. The van der Waals surface area contributed by atoms with E-state index in [-0.39, 0.29) is 24.6 Å². The summed E-state index contributed by atoms with van der Waals surface area (Å²) in [6.07, 6.45) is 3.19. The maximum Gasteiger partial charge on any atom is 0.267 e. The van der Waals surface area contributed by atoms with Crippen molar-refractivity contribution in [2.75, 3.05) is 23.9 Å². The van der Waals surface area contributed by atoms with Crippen molar-refractivity contribution in [2.24, 2.45) is 4.99 Å². The maximum atomic E-state index is 13.7. The second-order valence-corrected chi connectivity index (χ2v) is 10.3. The summed E-state index contributed by atoms with van der Waals surface area (Å²) >= 11 is 0. The maximum absolute atomic E-state index is 13.7. The zero-order valence-electron chi connectivity index (χ0n) is 23.0. The van der Waals surface area contributed by atoms with Gasteiger partial charge in [0.2, 0.25) is 11.9 Å². The van der Waals surface area contributed by atoms with E-state index in [0.717, 1.165) is 36.1 Å². The summed E-state index contributed by atoms with van der Waals surface area (Å²) in [4.78, 5) is 26.4. The number of guanidine groups is 1. The number of hydrogen-bond donors (Lipinski definition) is 2. The fraction of sp³-hybridized carbons (Fsp3) is 0.290. The highest BCUT2D eigenvalue weighted by Gasteiger charge is 2.49. The summed E-state index contributed by atoms with van der Waals surface area (Å²) in [5, 5.41) is 16.1. The van der Waals surface area contributed by atoms with Gasteiger partial charge in [-0.15, -0.1) is 0 Å². The molecule has 0 unspecified atom stereocenters. The molecule has 1 saturated carbocycles. The summed E-state index contributed by atoms with van der Waals surface area (Å²) in [5.74, 6) is 1.39. The molecule has 41 heavy (non-hydrogen) atoms. The Balaban J connectivity index is 0.000000967. The molecule has 1 fully saturated rings. The third-order valence-electron chi connectivity index (χ3n) is 7.59. The van der Waals surface area contributed by atoms with Gasteiger partial charge < -0.3 is 10.4 Å². The van der Waals surface area contributed by atoms with Crippen molar-refractivity contribution in [3.05, 3.63) is 89.9 Å². The lowest BCUT2D eigenvalue weighted by Gasteiger charge is -2.34. The van der Waals surface area contributed by atoms with E-state index in [1.165, 1.54) is 6.07 Å². The standard InChI is InChI=1S/C29H26FN7O.C2H6O/c1-35-28(38)25-26(31-20-7-3-2-4-8-20)36(34-27(25)37-23-11-5-10-22(23)33-29(35)37)17-18-13-15-19(16-14-18)21-9-6-12-24(30)32-21;1-2-3/h2-4,6-9,12-16,22-23,31H,5,10-11,17H2,1H3;3H,2H2,1H3/t22-,23+;/m1./s1. The molecule has 0 radical (unpaired) electrons. The third-order valence-corrected chi connectivity index (χ3v) is 7.59. The van der Waals surface area contributed by atoms with Gasteiger partial charge in [0.1, 0.15) is 11.4 Å². The van der Waals surface area contributed by atoms with E-state index in [4.69, 9.17) is 15.2 Å². The van der Waals surface area contributed by atoms with Crippen LogP contribution in [0.1, 0.15) is 42.1 Å². The summed E-state index contributed by atoms with van der Waals surface area (Å²) in [7, 11) is 1.79. The largest absolute Gasteiger partial charge is 0.397 e. The van der Waals surface area contributed by atoms with Crippen molar-refractivity contribution in [1.82, 2.24) is 19.7 Å². The number of hydrogen-bond acceptors (Lipinski definition) is 7. The number of nitrogens with one attached hydrogen (secondary N) is 1. The first-order valence-corrected chi connectivity index (χ1v) is 13.9. The van der Waals surface area contributed by atoms with Gasteiger partial charge >= 0.3 is 0 Å². The molecule has 4 aromatic rings. The molecule has 3 aliphatic rings. The van der Waals surface area contributed by atoms with E-state index in [9.17, 15) is 9.18 Å². The normalized spacial score (nSPS) is 18.7. The Labute approximate surface area is 238 Å². The lowest BCUT2D eigenvalue weighted by Crippen LogP contribution is -2.51. The Morgan fingerprint density at radius 2 is 1.78 bits per heavy atom. The predicted octanol–water partition coefficient (Wildman–Crippen LogP) is 5.06. The topological polar surface area (TPSA) is 98.9 Å². The molecule has 2 atom stereocenters. The first-order valence-electron chi connectivity index (χ1n) is 13.9. The van der Waals surface area contributed by atoms with Crippen LogP contribution in [0.3, 0.4) is 0 Å². The van der Waals surface area contributed by atoms with Crippen LogP contribution in [0.2, 0.25) is 0 Å². The molecule has 2 aliphatic heterocycles. The van der Waals surface area contributed by atoms with Gasteiger partial charge in [-0.3, -0.25) is 14.6 Å². The highest BCUT2D eigenvalue weighted by Crippen LogP contribution is 2.43. The number of aromatic nitrogens is 3. The monoisotopic (exact) mass is 553 g/mol. The van der Waals surface area contributed by atoms with Gasteiger partial charge in [-0.1, -0.05) is 48.5 Å². The fourth-order valence-corrected chi connectivity index (χ4v) is 5.73. The second-order valence-electron chi connectivity index (χ2n) is 10.3. The van der Waals surface area contributed by atoms with Gasteiger partial charge in [0, 0.05) is 24.9 Å². The highest BCUT2D eigenvalue weighted by molar-refractivity contribution is 6.21. The second kappa shape index (κ2) is 11.1. The number of aliphatic imine (C=N–C) groups is 1. The Kier molecular flexibility index (Phi) is 7.23. The van der Waals surface area contributed by atoms with Gasteiger partial charge in [0.05, 0.1) is 24.3 Å². The molecule has 2 aromatic carbocycles. The molecular formula is C31H32FN7O2. The van der Waals surface area contributed by atoms with Gasteiger partial charge in [0.25, 0.3) is 5.91 Å². The van der Waals surface area contributed by atoms with Crippen molar-refractivity contribution in [1.29, 1.82) is 0 Å². The number of fused-ring (bicyclic) bond motifs is 5. The summed E-state index contributed by atoms with van der Waals surface area (Å²) in [5.41, 5.74) is 3.84. The Morgan fingerprint density at radius 1 is 1.02 bits per heavy atom. The smallest absolute Gasteiger partial charge is 0.267 e. The number of halogens is 1.